The van der Waals surface area contributed by atoms with Gasteiger partial charge in [0.1, 0.15) is 11.6 Å². The van der Waals surface area contributed by atoms with Crippen molar-refractivity contribution in [2.45, 2.75) is 32.8 Å². The minimum Gasteiger partial charge on any atom is -0.378 e. The van der Waals surface area contributed by atoms with Crippen LogP contribution in [-0.2, 0) is 17.8 Å². The third-order valence-electron chi connectivity index (χ3n) is 2.02. The van der Waals surface area contributed by atoms with Crippen molar-refractivity contribution in [1.29, 1.82) is 0 Å². The third-order valence-corrected chi connectivity index (χ3v) is 2.02. The monoisotopic (exact) mass is 210 g/mol. The zero-order chi connectivity index (χ0) is 11.1. The van der Waals surface area contributed by atoms with Crippen LogP contribution in [-0.4, -0.2) is 17.1 Å². The van der Waals surface area contributed by atoms with Crippen LogP contribution in [0.25, 0.3) is 0 Å². The summed E-state index contributed by atoms with van der Waals surface area (Å²) in [6, 6.07) is 1.79. The van der Waals surface area contributed by atoms with E-state index in [0.29, 0.717) is 12.4 Å². The topological polar surface area (TPSA) is 73.1 Å². The lowest BCUT2D eigenvalue weighted by Gasteiger charge is -2.06. The Morgan fingerprint density at radius 3 is 2.87 bits per heavy atom. The number of ether oxygens (including phenoxy) is 1. The molecule has 0 aliphatic heterocycles. The van der Waals surface area contributed by atoms with Crippen molar-refractivity contribution in [3.63, 3.8) is 0 Å². The molecular formula is C10H18N4O. The van der Waals surface area contributed by atoms with Gasteiger partial charge in [-0.3, -0.25) is 0 Å². The van der Waals surface area contributed by atoms with Crippen LogP contribution in [0.3, 0.4) is 0 Å². The van der Waals surface area contributed by atoms with Crippen molar-refractivity contribution >= 4 is 5.82 Å². The fourth-order valence-corrected chi connectivity index (χ4v) is 1.29. The first kappa shape index (κ1) is 11.9. The molecule has 1 heterocycles. The molecule has 15 heavy (non-hydrogen) atoms. The Balaban J connectivity index is 2.79. The maximum absolute atomic E-state index is 5.33. The van der Waals surface area contributed by atoms with Gasteiger partial charge in [0, 0.05) is 19.6 Å². The van der Waals surface area contributed by atoms with E-state index in [1.165, 1.54) is 0 Å². The Labute approximate surface area is 90.0 Å². The lowest BCUT2D eigenvalue weighted by Crippen LogP contribution is -2.12. The summed E-state index contributed by atoms with van der Waals surface area (Å²) in [5.74, 6) is 6.79. The van der Waals surface area contributed by atoms with Gasteiger partial charge in [0.2, 0.25) is 0 Å². The summed E-state index contributed by atoms with van der Waals surface area (Å²) in [5.41, 5.74) is 3.39. The van der Waals surface area contributed by atoms with Crippen LogP contribution in [0.15, 0.2) is 6.07 Å². The Morgan fingerprint density at radius 1 is 1.47 bits per heavy atom. The summed E-state index contributed by atoms with van der Waals surface area (Å²) < 4.78 is 5.03. The lowest BCUT2D eigenvalue weighted by molar-refractivity contribution is 0.181. The van der Waals surface area contributed by atoms with Crippen LogP contribution >= 0.6 is 0 Å². The molecule has 0 aliphatic rings. The van der Waals surface area contributed by atoms with Crippen LogP contribution in [0.4, 0.5) is 5.82 Å². The van der Waals surface area contributed by atoms with Crippen LogP contribution in [0.5, 0.6) is 0 Å². The van der Waals surface area contributed by atoms with Gasteiger partial charge < -0.3 is 10.2 Å². The van der Waals surface area contributed by atoms with Gasteiger partial charge in [0.25, 0.3) is 0 Å². The number of hydrogen-bond donors (Lipinski definition) is 2. The minimum atomic E-state index is 0.482. The number of nitrogens with zero attached hydrogens (tertiary/aromatic N) is 2. The molecule has 1 aromatic heterocycles. The second-order valence-electron chi connectivity index (χ2n) is 3.34. The van der Waals surface area contributed by atoms with Gasteiger partial charge in [-0.15, -0.1) is 0 Å². The molecule has 0 atom stereocenters. The average molecular weight is 210 g/mol. The fraction of sp³-hybridized carbons (Fsp3) is 0.600. The fourth-order valence-electron chi connectivity index (χ4n) is 1.29. The van der Waals surface area contributed by atoms with E-state index >= 15 is 0 Å². The number of anilines is 1. The Morgan fingerprint density at radius 2 is 2.27 bits per heavy atom. The van der Waals surface area contributed by atoms with Gasteiger partial charge in [-0.25, -0.2) is 15.8 Å². The zero-order valence-corrected chi connectivity index (χ0v) is 9.29. The first-order chi connectivity index (χ1) is 7.30. The maximum Gasteiger partial charge on any atom is 0.144 e. The van der Waals surface area contributed by atoms with E-state index in [-0.39, 0.29) is 0 Å². The molecular weight excluding hydrogens is 192 g/mol. The first-order valence-corrected chi connectivity index (χ1v) is 5.12. The van der Waals surface area contributed by atoms with Crippen LogP contribution in [0.2, 0.25) is 0 Å². The van der Waals surface area contributed by atoms with E-state index in [1.807, 2.05) is 0 Å². The summed E-state index contributed by atoms with van der Waals surface area (Å²) in [6.07, 6.45) is 3.09. The molecule has 0 saturated carbocycles. The number of hydrazine groups is 1. The highest BCUT2D eigenvalue weighted by Gasteiger charge is 2.03. The van der Waals surface area contributed by atoms with Crippen molar-refractivity contribution in [3.05, 3.63) is 17.6 Å². The predicted octanol–water partition coefficient (Wildman–Crippen LogP) is 1.25. The average Bonchev–Trinajstić information content (AvgIpc) is 2.26. The summed E-state index contributed by atoms with van der Waals surface area (Å²) in [4.78, 5) is 8.65. The molecule has 3 N–H and O–H groups in total. The molecule has 0 spiro atoms. The molecule has 1 rings (SSSR count). The van der Waals surface area contributed by atoms with Crippen LogP contribution in [0.1, 0.15) is 31.3 Å². The maximum atomic E-state index is 5.33. The molecule has 5 heteroatoms. The number of nitrogen functional groups attached to an aromatic ring is 1. The number of hydrogen-bond acceptors (Lipinski definition) is 5. The largest absolute Gasteiger partial charge is 0.378 e. The number of unbranched alkanes of at least 4 members (excludes halogenated alkanes) is 1. The summed E-state index contributed by atoms with van der Waals surface area (Å²) >= 11 is 0. The first-order valence-electron chi connectivity index (χ1n) is 5.12. The highest BCUT2D eigenvalue weighted by Crippen LogP contribution is 2.08. The molecule has 0 aliphatic carbocycles. The predicted molar refractivity (Wildman–Crippen MR) is 59.2 cm³/mol. The van der Waals surface area contributed by atoms with Crippen molar-refractivity contribution in [2.24, 2.45) is 5.84 Å². The number of nitrogens with two attached hydrogens (primary N) is 1. The van der Waals surface area contributed by atoms with Gasteiger partial charge >= 0.3 is 0 Å². The van der Waals surface area contributed by atoms with Crippen molar-refractivity contribution < 1.29 is 4.74 Å². The van der Waals surface area contributed by atoms with E-state index in [1.54, 1.807) is 13.2 Å². The standard InChI is InChI=1S/C10H18N4O/c1-3-4-5-9-12-8(7-15-2)6-10(13-9)14-11/h6H,3-5,7,11H2,1-2H3,(H,12,13,14). The minimum absolute atomic E-state index is 0.482. The molecule has 0 fully saturated rings. The highest BCUT2D eigenvalue weighted by atomic mass is 16.5. The Kier molecular flexibility index (Phi) is 5.00. The van der Waals surface area contributed by atoms with Gasteiger partial charge in [-0.1, -0.05) is 13.3 Å². The van der Waals surface area contributed by atoms with Gasteiger partial charge in [-0.05, 0) is 6.42 Å². The Hall–Kier alpha value is -1.20. The van der Waals surface area contributed by atoms with E-state index in [0.717, 1.165) is 30.8 Å². The van der Waals surface area contributed by atoms with Crippen molar-refractivity contribution in [2.75, 3.05) is 12.5 Å². The lowest BCUT2D eigenvalue weighted by atomic mass is 10.2. The highest BCUT2D eigenvalue weighted by molar-refractivity contribution is 5.34. The van der Waals surface area contributed by atoms with Crippen LogP contribution < -0.4 is 11.3 Å². The summed E-state index contributed by atoms with van der Waals surface area (Å²) in [6.45, 7) is 2.62. The van der Waals surface area contributed by atoms with E-state index in [2.05, 4.69) is 22.3 Å². The second-order valence-corrected chi connectivity index (χ2v) is 3.34. The molecule has 0 aromatic carbocycles. The molecule has 84 valence electrons. The number of aryl methyl sites for hydroxylation is 1. The molecule has 0 saturated heterocycles. The van der Waals surface area contributed by atoms with Gasteiger partial charge in [0.15, 0.2) is 0 Å². The SMILES string of the molecule is CCCCc1nc(COC)cc(NN)n1. The normalized spacial score (nSPS) is 10.3. The van der Waals surface area contributed by atoms with Gasteiger partial charge in [-0.2, -0.15) is 0 Å². The molecule has 1 aromatic rings. The molecule has 5 nitrogen and oxygen atoms in total. The van der Waals surface area contributed by atoms with E-state index in [9.17, 15) is 0 Å². The third kappa shape index (κ3) is 3.81. The van der Waals surface area contributed by atoms with Crippen molar-refractivity contribution in [1.82, 2.24) is 9.97 Å². The molecule has 0 unspecified atom stereocenters. The zero-order valence-electron chi connectivity index (χ0n) is 9.29. The van der Waals surface area contributed by atoms with Gasteiger partial charge in [0.05, 0.1) is 12.3 Å². The summed E-state index contributed by atoms with van der Waals surface area (Å²) in [7, 11) is 1.64. The van der Waals surface area contributed by atoms with Crippen LogP contribution in [0, 0.1) is 0 Å². The smallest absolute Gasteiger partial charge is 0.144 e. The number of rotatable bonds is 6. The number of aromatic nitrogens is 2. The van der Waals surface area contributed by atoms with Crippen molar-refractivity contribution in [3.8, 4) is 0 Å². The second kappa shape index (κ2) is 6.31. The Bertz CT molecular complexity index is 303. The molecule has 0 bridgehead atoms. The molecule has 0 amide bonds. The number of methoxy groups -OCH3 is 1. The number of nitrogens with one attached hydrogen (secondary N) is 1. The van der Waals surface area contributed by atoms with E-state index in [4.69, 9.17) is 10.6 Å². The van der Waals surface area contributed by atoms with E-state index < -0.39 is 0 Å². The molecule has 0 radical (unpaired) electrons. The quantitative estimate of drug-likeness (QED) is 0.546. The summed E-state index contributed by atoms with van der Waals surface area (Å²) in [5, 5.41) is 0.